The zero-order valence-electron chi connectivity index (χ0n) is 9.60. The van der Waals surface area contributed by atoms with E-state index in [2.05, 4.69) is 15.5 Å². The van der Waals surface area contributed by atoms with Crippen LogP contribution in [0.3, 0.4) is 0 Å². The summed E-state index contributed by atoms with van der Waals surface area (Å²) in [6, 6.07) is 9.93. The zero-order chi connectivity index (χ0) is 11.5. The molecular formula is C13H15N3O. The minimum Gasteiger partial charge on any atom is -0.339 e. The van der Waals surface area contributed by atoms with Crippen molar-refractivity contribution in [1.82, 2.24) is 15.5 Å². The standard InChI is InChI=1S/C13H15N3O/c1-2-5-10(6-3-1)12-15-13(17-16-12)11-7-4-8-14-9-11/h1-3,5-6,11,14H,4,7-9H2/t11-/m0/s1. The van der Waals surface area contributed by atoms with Crippen LogP contribution >= 0.6 is 0 Å². The summed E-state index contributed by atoms with van der Waals surface area (Å²) in [5.41, 5.74) is 1.01. The fraction of sp³-hybridized carbons (Fsp3) is 0.385. The average molecular weight is 229 g/mol. The quantitative estimate of drug-likeness (QED) is 0.857. The molecule has 1 saturated heterocycles. The molecule has 0 spiro atoms. The van der Waals surface area contributed by atoms with Gasteiger partial charge in [0.25, 0.3) is 0 Å². The molecule has 1 aromatic carbocycles. The van der Waals surface area contributed by atoms with Crippen LogP contribution in [0.15, 0.2) is 34.9 Å². The Morgan fingerprint density at radius 3 is 2.88 bits per heavy atom. The molecule has 2 aromatic rings. The maximum Gasteiger partial charge on any atom is 0.231 e. The van der Waals surface area contributed by atoms with Gasteiger partial charge in [0.1, 0.15) is 0 Å². The van der Waals surface area contributed by atoms with Crippen molar-refractivity contribution >= 4 is 0 Å². The Balaban J connectivity index is 1.83. The molecule has 1 aliphatic rings. The van der Waals surface area contributed by atoms with Crippen LogP contribution in [0, 0.1) is 0 Å². The number of benzene rings is 1. The fourth-order valence-corrected chi connectivity index (χ4v) is 2.17. The van der Waals surface area contributed by atoms with Gasteiger partial charge in [0.2, 0.25) is 11.7 Å². The molecule has 0 aliphatic carbocycles. The van der Waals surface area contributed by atoms with Crippen LogP contribution in [0.4, 0.5) is 0 Å². The van der Waals surface area contributed by atoms with Crippen molar-refractivity contribution in [1.29, 1.82) is 0 Å². The molecule has 88 valence electrons. The topological polar surface area (TPSA) is 51.0 Å². The minimum atomic E-state index is 0.369. The first kappa shape index (κ1) is 10.5. The van der Waals surface area contributed by atoms with Gasteiger partial charge in [-0.3, -0.25) is 0 Å². The van der Waals surface area contributed by atoms with E-state index in [1.165, 1.54) is 6.42 Å². The second-order valence-corrected chi connectivity index (χ2v) is 4.37. The third kappa shape index (κ3) is 2.22. The van der Waals surface area contributed by atoms with E-state index in [1.54, 1.807) is 0 Å². The Morgan fingerprint density at radius 2 is 2.12 bits per heavy atom. The summed E-state index contributed by atoms with van der Waals surface area (Å²) in [7, 11) is 0. The highest BCUT2D eigenvalue weighted by Gasteiger charge is 2.21. The monoisotopic (exact) mass is 229 g/mol. The van der Waals surface area contributed by atoms with E-state index in [4.69, 9.17) is 4.52 Å². The van der Waals surface area contributed by atoms with Crippen molar-refractivity contribution in [3.63, 3.8) is 0 Å². The molecule has 17 heavy (non-hydrogen) atoms. The molecule has 2 heterocycles. The first-order chi connectivity index (χ1) is 8.43. The van der Waals surface area contributed by atoms with Gasteiger partial charge in [-0.2, -0.15) is 4.98 Å². The van der Waals surface area contributed by atoms with Crippen molar-refractivity contribution in [3.8, 4) is 11.4 Å². The second-order valence-electron chi connectivity index (χ2n) is 4.37. The summed E-state index contributed by atoms with van der Waals surface area (Å²) >= 11 is 0. The highest BCUT2D eigenvalue weighted by Crippen LogP contribution is 2.24. The van der Waals surface area contributed by atoms with E-state index < -0.39 is 0 Å². The number of hydrogen-bond donors (Lipinski definition) is 1. The van der Waals surface area contributed by atoms with Gasteiger partial charge < -0.3 is 9.84 Å². The third-order valence-electron chi connectivity index (χ3n) is 3.12. The van der Waals surface area contributed by atoms with Crippen LogP contribution in [-0.2, 0) is 0 Å². The van der Waals surface area contributed by atoms with E-state index in [0.29, 0.717) is 11.7 Å². The molecule has 0 radical (unpaired) electrons. The molecule has 1 aliphatic heterocycles. The molecule has 0 saturated carbocycles. The average Bonchev–Trinajstić information content (AvgIpc) is 2.90. The number of piperidine rings is 1. The van der Waals surface area contributed by atoms with Crippen LogP contribution in [-0.4, -0.2) is 23.2 Å². The summed E-state index contributed by atoms with van der Waals surface area (Å²) in [6.07, 6.45) is 2.30. The van der Waals surface area contributed by atoms with Gasteiger partial charge in [-0.1, -0.05) is 35.5 Å². The molecule has 1 aromatic heterocycles. The molecule has 0 unspecified atom stereocenters. The molecule has 0 bridgehead atoms. The summed E-state index contributed by atoms with van der Waals surface area (Å²) < 4.78 is 5.36. The molecular weight excluding hydrogens is 214 g/mol. The predicted molar refractivity (Wildman–Crippen MR) is 64.6 cm³/mol. The number of hydrogen-bond acceptors (Lipinski definition) is 4. The summed E-state index contributed by atoms with van der Waals surface area (Å²) in [6.45, 7) is 2.03. The smallest absolute Gasteiger partial charge is 0.231 e. The molecule has 4 heteroatoms. The highest BCUT2D eigenvalue weighted by atomic mass is 16.5. The second kappa shape index (κ2) is 4.67. The summed E-state index contributed by atoms with van der Waals surface area (Å²) in [5.74, 6) is 1.82. The molecule has 0 amide bonds. The number of nitrogens with one attached hydrogen (secondary N) is 1. The Hall–Kier alpha value is -1.68. The third-order valence-corrected chi connectivity index (χ3v) is 3.12. The van der Waals surface area contributed by atoms with Gasteiger partial charge in [-0.25, -0.2) is 0 Å². The van der Waals surface area contributed by atoms with Crippen LogP contribution in [0.5, 0.6) is 0 Å². The van der Waals surface area contributed by atoms with E-state index in [1.807, 2.05) is 30.3 Å². The lowest BCUT2D eigenvalue weighted by atomic mass is 10.00. The Bertz CT molecular complexity index is 474. The highest BCUT2D eigenvalue weighted by molar-refractivity contribution is 5.53. The number of aromatic nitrogens is 2. The lowest BCUT2D eigenvalue weighted by Gasteiger charge is -2.18. The van der Waals surface area contributed by atoms with Gasteiger partial charge in [0.15, 0.2) is 0 Å². The van der Waals surface area contributed by atoms with Crippen LogP contribution in [0.2, 0.25) is 0 Å². The Morgan fingerprint density at radius 1 is 1.24 bits per heavy atom. The van der Waals surface area contributed by atoms with Gasteiger partial charge in [-0.15, -0.1) is 0 Å². The van der Waals surface area contributed by atoms with Crippen LogP contribution in [0.25, 0.3) is 11.4 Å². The maximum absolute atomic E-state index is 5.36. The SMILES string of the molecule is c1ccc(-c2noc([C@H]3CCCNC3)n2)cc1. The number of rotatable bonds is 2. The Kier molecular flexibility index (Phi) is 2.88. The lowest BCUT2D eigenvalue weighted by molar-refractivity contribution is 0.322. The van der Waals surface area contributed by atoms with Gasteiger partial charge in [0, 0.05) is 12.1 Å². The Labute approximate surface area is 100 Å². The molecule has 3 rings (SSSR count). The first-order valence-corrected chi connectivity index (χ1v) is 6.03. The maximum atomic E-state index is 5.36. The summed E-state index contributed by atoms with van der Waals surface area (Å²) in [4.78, 5) is 4.49. The molecule has 1 N–H and O–H groups in total. The summed E-state index contributed by atoms with van der Waals surface area (Å²) in [5, 5.41) is 7.40. The predicted octanol–water partition coefficient (Wildman–Crippen LogP) is 2.20. The van der Waals surface area contributed by atoms with E-state index in [9.17, 15) is 0 Å². The number of nitrogens with zero attached hydrogens (tertiary/aromatic N) is 2. The van der Waals surface area contributed by atoms with E-state index >= 15 is 0 Å². The molecule has 1 fully saturated rings. The lowest BCUT2D eigenvalue weighted by Crippen LogP contribution is -2.28. The fourth-order valence-electron chi connectivity index (χ4n) is 2.17. The zero-order valence-corrected chi connectivity index (χ0v) is 9.60. The van der Waals surface area contributed by atoms with Crippen molar-refractivity contribution in [3.05, 3.63) is 36.2 Å². The largest absolute Gasteiger partial charge is 0.339 e. The first-order valence-electron chi connectivity index (χ1n) is 6.03. The van der Waals surface area contributed by atoms with Gasteiger partial charge in [0.05, 0.1) is 5.92 Å². The van der Waals surface area contributed by atoms with E-state index in [0.717, 1.165) is 31.0 Å². The van der Waals surface area contributed by atoms with Gasteiger partial charge >= 0.3 is 0 Å². The van der Waals surface area contributed by atoms with Crippen LogP contribution < -0.4 is 5.32 Å². The normalized spacial score (nSPS) is 20.4. The molecule has 1 atom stereocenters. The van der Waals surface area contributed by atoms with Crippen molar-refractivity contribution in [2.75, 3.05) is 13.1 Å². The minimum absolute atomic E-state index is 0.369. The van der Waals surface area contributed by atoms with Gasteiger partial charge in [-0.05, 0) is 19.4 Å². The van der Waals surface area contributed by atoms with Crippen molar-refractivity contribution in [2.45, 2.75) is 18.8 Å². The van der Waals surface area contributed by atoms with Crippen LogP contribution in [0.1, 0.15) is 24.7 Å². The molecule has 4 nitrogen and oxygen atoms in total. The van der Waals surface area contributed by atoms with E-state index in [-0.39, 0.29) is 0 Å². The van der Waals surface area contributed by atoms with Crippen molar-refractivity contribution < 1.29 is 4.52 Å². The van der Waals surface area contributed by atoms with Crippen molar-refractivity contribution in [2.24, 2.45) is 0 Å².